The predicted molar refractivity (Wildman–Crippen MR) is 94.2 cm³/mol. The summed E-state index contributed by atoms with van der Waals surface area (Å²) >= 11 is 0. The molecule has 2 fully saturated rings. The molecule has 2 saturated heterocycles. The Bertz CT molecular complexity index is 840. The maximum Gasteiger partial charge on any atom is 0.227 e. The molecule has 3 heterocycles. The third-order valence-corrected chi connectivity index (χ3v) is 5.17. The molecule has 2 aliphatic rings. The molecule has 4 rings (SSSR count). The number of benzene rings is 1. The Kier molecular flexibility index (Phi) is 3.65. The van der Waals surface area contributed by atoms with E-state index >= 15 is 0 Å². The molecule has 0 unspecified atom stereocenters. The maximum atomic E-state index is 12.6. The lowest BCUT2D eigenvalue weighted by molar-refractivity contribution is -0.117. The average Bonchev–Trinajstić information content (AvgIpc) is 3.19. The standard InChI is InChI=1S/C19H19N5O/c1-14-2-7-17(22-21-14)23-9-8-19(12-23)10-18(25)24(13-19)16-5-3-15(11-20)4-6-16/h2-7H,8-10,12-13H2,1H3/t19-/m1/s1. The number of aryl methyl sites for hydroxylation is 1. The molecule has 126 valence electrons. The Morgan fingerprint density at radius 3 is 2.60 bits per heavy atom. The van der Waals surface area contributed by atoms with Crippen molar-refractivity contribution in [2.45, 2.75) is 19.8 Å². The van der Waals surface area contributed by atoms with Crippen LogP contribution in [0.2, 0.25) is 0 Å². The Morgan fingerprint density at radius 2 is 1.92 bits per heavy atom. The van der Waals surface area contributed by atoms with E-state index in [0.29, 0.717) is 18.5 Å². The second-order valence-corrected chi connectivity index (χ2v) is 7.02. The number of aromatic nitrogens is 2. The van der Waals surface area contributed by atoms with Gasteiger partial charge in [0.1, 0.15) is 0 Å². The van der Waals surface area contributed by atoms with Crippen LogP contribution >= 0.6 is 0 Å². The van der Waals surface area contributed by atoms with E-state index in [9.17, 15) is 4.79 Å². The number of amides is 1. The van der Waals surface area contributed by atoms with Crippen molar-refractivity contribution in [1.29, 1.82) is 5.26 Å². The summed E-state index contributed by atoms with van der Waals surface area (Å²) in [6, 6.07) is 13.3. The van der Waals surface area contributed by atoms with Crippen LogP contribution in [0.15, 0.2) is 36.4 Å². The number of rotatable bonds is 2. The molecule has 0 aliphatic carbocycles. The van der Waals surface area contributed by atoms with Gasteiger partial charge >= 0.3 is 0 Å². The molecule has 1 aromatic carbocycles. The van der Waals surface area contributed by atoms with Crippen LogP contribution in [0.1, 0.15) is 24.1 Å². The van der Waals surface area contributed by atoms with Crippen LogP contribution in [0.5, 0.6) is 0 Å². The lowest BCUT2D eigenvalue weighted by Crippen LogP contribution is -2.31. The smallest absolute Gasteiger partial charge is 0.227 e. The maximum absolute atomic E-state index is 12.6. The first-order chi connectivity index (χ1) is 12.1. The van der Waals surface area contributed by atoms with Crippen molar-refractivity contribution in [2.75, 3.05) is 29.4 Å². The Hall–Kier alpha value is -2.94. The minimum atomic E-state index is -0.0302. The molecule has 6 nitrogen and oxygen atoms in total. The Morgan fingerprint density at radius 1 is 1.12 bits per heavy atom. The van der Waals surface area contributed by atoms with E-state index in [1.807, 2.05) is 36.1 Å². The minimum Gasteiger partial charge on any atom is -0.354 e. The van der Waals surface area contributed by atoms with Crippen molar-refractivity contribution >= 4 is 17.4 Å². The summed E-state index contributed by atoms with van der Waals surface area (Å²) in [6.45, 7) is 4.36. The summed E-state index contributed by atoms with van der Waals surface area (Å²) in [5.41, 5.74) is 2.35. The first kappa shape index (κ1) is 15.6. The number of carbonyl (C=O) groups is 1. The summed E-state index contributed by atoms with van der Waals surface area (Å²) in [5.74, 6) is 1.04. The quantitative estimate of drug-likeness (QED) is 0.843. The normalized spacial score (nSPS) is 22.6. The van der Waals surface area contributed by atoms with E-state index in [1.165, 1.54) is 0 Å². The highest BCUT2D eigenvalue weighted by molar-refractivity contribution is 5.96. The fourth-order valence-corrected chi connectivity index (χ4v) is 3.81. The van der Waals surface area contributed by atoms with E-state index in [2.05, 4.69) is 21.2 Å². The first-order valence-corrected chi connectivity index (χ1v) is 8.44. The highest BCUT2D eigenvalue weighted by Gasteiger charge is 2.48. The third kappa shape index (κ3) is 2.82. The first-order valence-electron chi connectivity index (χ1n) is 8.44. The molecule has 0 bridgehead atoms. The number of hydrogen-bond donors (Lipinski definition) is 0. The van der Waals surface area contributed by atoms with Gasteiger partial charge in [0.25, 0.3) is 0 Å². The molecule has 0 radical (unpaired) electrons. The zero-order valence-electron chi connectivity index (χ0n) is 14.1. The molecule has 2 aliphatic heterocycles. The van der Waals surface area contributed by atoms with Gasteiger partial charge in [-0.05, 0) is 49.7 Å². The Labute approximate surface area is 146 Å². The SMILES string of the molecule is Cc1ccc(N2CC[C@@]3(CC(=O)N(c4ccc(C#N)cc4)C3)C2)nn1. The van der Waals surface area contributed by atoms with E-state index in [4.69, 9.17) is 5.26 Å². The van der Waals surface area contributed by atoms with Crippen molar-refractivity contribution in [3.63, 3.8) is 0 Å². The van der Waals surface area contributed by atoms with Gasteiger partial charge in [-0.2, -0.15) is 10.4 Å². The van der Waals surface area contributed by atoms with E-state index < -0.39 is 0 Å². The zero-order valence-corrected chi connectivity index (χ0v) is 14.1. The van der Waals surface area contributed by atoms with E-state index in [-0.39, 0.29) is 11.3 Å². The average molecular weight is 333 g/mol. The molecule has 6 heteroatoms. The molecular formula is C19H19N5O. The highest BCUT2D eigenvalue weighted by Crippen LogP contribution is 2.42. The third-order valence-electron chi connectivity index (χ3n) is 5.17. The zero-order chi connectivity index (χ0) is 17.4. The van der Waals surface area contributed by atoms with Gasteiger partial charge in [0.05, 0.1) is 17.3 Å². The van der Waals surface area contributed by atoms with Crippen LogP contribution in [0.25, 0.3) is 0 Å². The largest absolute Gasteiger partial charge is 0.354 e. The molecule has 1 atom stereocenters. The lowest BCUT2D eigenvalue weighted by Gasteiger charge is -2.24. The van der Waals surface area contributed by atoms with Gasteiger partial charge in [0.15, 0.2) is 5.82 Å². The van der Waals surface area contributed by atoms with Crippen molar-refractivity contribution in [3.05, 3.63) is 47.7 Å². The van der Waals surface area contributed by atoms with Crippen LogP contribution < -0.4 is 9.80 Å². The predicted octanol–water partition coefficient (Wildman–Crippen LogP) is 2.29. The summed E-state index contributed by atoms with van der Waals surface area (Å²) in [6.07, 6.45) is 1.53. The molecule has 1 amide bonds. The summed E-state index contributed by atoms with van der Waals surface area (Å²) in [5, 5.41) is 17.3. The summed E-state index contributed by atoms with van der Waals surface area (Å²) in [7, 11) is 0. The number of nitrogens with zero attached hydrogens (tertiary/aromatic N) is 5. The molecule has 2 aromatic rings. The number of nitriles is 1. The second-order valence-electron chi connectivity index (χ2n) is 7.02. The van der Waals surface area contributed by atoms with Crippen LogP contribution in [-0.2, 0) is 4.79 Å². The summed E-state index contributed by atoms with van der Waals surface area (Å²) < 4.78 is 0. The van der Waals surface area contributed by atoms with Crippen LogP contribution in [0.3, 0.4) is 0 Å². The fourth-order valence-electron chi connectivity index (χ4n) is 3.81. The van der Waals surface area contributed by atoms with Crippen molar-refractivity contribution < 1.29 is 4.79 Å². The topological polar surface area (TPSA) is 73.1 Å². The van der Waals surface area contributed by atoms with Gasteiger partial charge in [0.2, 0.25) is 5.91 Å². The van der Waals surface area contributed by atoms with E-state index in [0.717, 1.165) is 36.7 Å². The van der Waals surface area contributed by atoms with Crippen molar-refractivity contribution in [2.24, 2.45) is 5.41 Å². The van der Waals surface area contributed by atoms with Crippen LogP contribution in [0.4, 0.5) is 11.5 Å². The number of carbonyl (C=O) groups excluding carboxylic acids is 1. The molecule has 0 saturated carbocycles. The molecule has 0 N–H and O–H groups in total. The molecule has 1 spiro atoms. The Balaban J connectivity index is 1.51. The van der Waals surface area contributed by atoms with Gasteiger partial charge < -0.3 is 9.80 Å². The fraction of sp³-hybridized carbons (Fsp3) is 0.368. The second kappa shape index (κ2) is 5.85. The van der Waals surface area contributed by atoms with E-state index in [1.54, 1.807) is 12.1 Å². The molecule has 25 heavy (non-hydrogen) atoms. The van der Waals surface area contributed by atoms with Gasteiger partial charge in [-0.15, -0.1) is 5.10 Å². The monoisotopic (exact) mass is 333 g/mol. The molecular weight excluding hydrogens is 314 g/mol. The van der Waals surface area contributed by atoms with Crippen LogP contribution in [0, 0.1) is 23.7 Å². The van der Waals surface area contributed by atoms with Crippen LogP contribution in [-0.4, -0.2) is 35.7 Å². The lowest BCUT2D eigenvalue weighted by atomic mass is 9.86. The van der Waals surface area contributed by atoms with Gasteiger partial charge in [-0.25, -0.2) is 0 Å². The minimum absolute atomic E-state index is 0.0302. The molecule has 1 aromatic heterocycles. The van der Waals surface area contributed by atoms with Gasteiger partial charge in [-0.1, -0.05) is 0 Å². The summed E-state index contributed by atoms with van der Waals surface area (Å²) in [4.78, 5) is 16.7. The highest BCUT2D eigenvalue weighted by atomic mass is 16.2. The van der Waals surface area contributed by atoms with Gasteiger partial charge in [0, 0.05) is 37.2 Å². The van der Waals surface area contributed by atoms with Crippen molar-refractivity contribution in [3.8, 4) is 6.07 Å². The van der Waals surface area contributed by atoms with Gasteiger partial charge in [-0.3, -0.25) is 4.79 Å². The number of anilines is 2. The van der Waals surface area contributed by atoms with Crippen molar-refractivity contribution in [1.82, 2.24) is 10.2 Å². The number of hydrogen-bond acceptors (Lipinski definition) is 5.